The summed E-state index contributed by atoms with van der Waals surface area (Å²) >= 11 is 0. The monoisotopic (exact) mass is 259 g/mol. The molecule has 2 atom stereocenters. The van der Waals surface area contributed by atoms with Gasteiger partial charge in [0.25, 0.3) is 0 Å². The maximum Gasteiger partial charge on any atom is 0.211 e. The molecule has 98 valence electrons. The number of ketones is 1. The molecule has 0 aliphatic carbocycles. The SMILES string of the molecule is CC=CC(=O)C1CN(S(C)(=O)=O)C[C@@H]1CCC. The molecule has 1 heterocycles. The Hall–Kier alpha value is -0.680. The minimum absolute atomic E-state index is 0.0529. The zero-order valence-electron chi connectivity index (χ0n) is 10.7. The van der Waals surface area contributed by atoms with E-state index in [1.54, 1.807) is 19.1 Å². The van der Waals surface area contributed by atoms with Crippen molar-refractivity contribution in [2.24, 2.45) is 11.8 Å². The molecule has 0 amide bonds. The van der Waals surface area contributed by atoms with Crippen molar-refractivity contribution in [2.75, 3.05) is 19.3 Å². The zero-order valence-corrected chi connectivity index (χ0v) is 11.5. The number of nitrogens with zero attached hydrogens (tertiary/aromatic N) is 1. The predicted molar refractivity (Wildman–Crippen MR) is 68.1 cm³/mol. The molecule has 4 nitrogen and oxygen atoms in total. The minimum Gasteiger partial charge on any atom is -0.294 e. The van der Waals surface area contributed by atoms with E-state index in [1.807, 2.05) is 0 Å². The van der Waals surface area contributed by atoms with E-state index in [-0.39, 0.29) is 17.6 Å². The van der Waals surface area contributed by atoms with Gasteiger partial charge in [0, 0.05) is 19.0 Å². The zero-order chi connectivity index (χ0) is 13.1. The second kappa shape index (κ2) is 5.78. The van der Waals surface area contributed by atoms with Gasteiger partial charge in [-0.1, -0.05) is 19.4 Å². The van der Waals surface area contributed by atoms with Crippen LogP contribution in [0.15, 0.2) is 12.2 Å². The van der Waals surface area contributed by atoms with Gasteiger partial charge < -0.3 is 0 Å². The summed E-state index contributed by atoms with van der Waals surface area (Å²) in [5.74, 6) is 0.0522. The molecule has 1 saturated heterocycles. The fourth-order valence-electron chi connectivity index (χ4n) is 2.38. The number of carbonyl (C=O) groups excluding carboxylic acids is 1. The molecular weight excluding hydrogens is 238 g/mol. The Morgan fingerprint density at radius 3 is 2.53 bits per heavy atom. The first-order chi connectivity index (χ1) is 7.90. The summed E-state index contributed by atoms with van der Waals surface area (Å²) in [6.45, 7) is 4.68. The van der Waals surface area contributed by atoms with E-state index in [0.717, 1.165) is 12.8 Å². The highest BCUT2D eigenvalue weighted by Gasteiger charge is 2.39. The van der Waals surface area contributed by atoms with E-state index >= 15 is 0 Å². The Morgan fingerprint density at radius 1 is 1.41 bits per heavy atom. The summed E-state index contributed by atoms with van der Waals surface area (Å²) in [4.78, 5) is 11.9. The molecule has 0 N–H and O–H groups in total. The summed E-state index contributed by atoms with van der Waals surface area (Å²) in [6, 6.07) is 0. The van der Waals surface area contributed by atoms with Gasteiger partial charge in [0.2, 0.25) is 10.0 Å². The molecule has 0 bridgehead atoms. The van der Waals surface area contributed by atoms with E-state index < -0.39 is 10.0 Å². The van der Waals surface area contributed by atoms with Crippen LogP contribution in [0.5, 0.6) is 0 Å². The first kappa shape index (κ1) is 14.4. The molecule has 0 radical (unpaired) electrons. The quantitative estimate of drug-likeness (QED) is 0.702. The van der Waals surface area contributed by atoms with E-state index in [2.05, 4.69) is 6.92 Å². The van der Waals surface area contributed by atoms with Gasteiger partial charge in [0.1, 0.15) is 0 Å². The van der Waals surface area contributed by atoms with Crippen LogP contribution in [0.1, 0.15) is 26.7 Å². The van der Waals surface area contributed by atoms with Gasteiger partial charge in [0.05, 0.1) is 6.26 Å². The van der Waals surface area contributed by atoms with Crippen LogP contribution < -0.4 is 0 Å². The normalized spacial score (nSPS) is 26.8. The fraction of sp³-hybridized carbons (Fsp3) is 0.750. The summed E-state index contributed by atoms with van der Waals surface area (Å²) in [7, 11) is -3.18. The van der Waals surface area contributed by atoms with Gasteiger partial charge in [0.15, 0.2) is 5.78 Å². The lowest BCUT2D eigenvalue weighted by Crippen LogP contribution is -2.28. The van der Waals surface area contributed by atoms with Crippen LogP contribution in [-0.2, 0) is 14.8 Å². The first-order valence-corrected chi connectivity index (χ1v) is 7.86. The van der Waals surface area contributed by atoms with Crippen LogP contribution in [0.3, 0.4) is 0 Å². The van der Waals surface area contributed by atoms with E-state index in [0.29, 0.717) is 13.1 Å². The van der Waals surface area contributed by atoms with Crippen LogP contribution in [0, 0.1) is 11.8 Å². The third-order valence-electron chi connectivity index (χ3n) is 3.23. The molecule has 0 aromatic carbocycles. The third-order valence-corrected chi connectivity index (χ3v) is 4.47. The lowest BCUT2D eigenvalue weighted by atomic mass is 9.88. The van der Waals surface area contributed by atoms with E-state index in [9.17, 15) is 13.2 Å². The Morgan fingerprint density at radius 2 is 2.06 bits per heavy atom. The smallest absolute Gasteiger partial charge is 0.211 e. The summed E-state index contributed by atoms with van der Waals surface area (Å²) < 4.78 is 24.4. The molecular formula is C12H21NO3S. The van der Waals surface area contributed by atoms with Gasteiger partial charge in [-0.05, 0) is 25.3 Å². The van der Waals surface area contributed by atoms with Gasteiger partial charge in [-0.15, -0.1) is 0 Å². The molecule has 0 aromatic heterocycles. The molecule has 5 heteroatoms. The number of hydrogen-bond acceptors (Lipinski definition) is 3. The molecule has 1 aliphatic rings. The maximum absolute atomic E-state index is 11.9. The lowest BCUT2D eigenvalue weighted by molar-refractivity contribution is -0.118. The minimum atomic E-state index is -3.18. The predicted octanol–water partition coefficient (Wildman–Crippen LogP) is 1.44. The molecule has 0 aromatic rings. The van der Waals surface area contributed by atoms with Crippen molar-refractivity contribution in [3.8, 4) is 0 Å². The van der Waals surface area contributed by atoms with E-state index in [1.165, 1.54) is 10.6 Å². The number of rotatable bonds is 5. The number of carbonyl (C=O) groups is 1. The first-order valence-electron chi connectivity index (χ1n) is 6.01. The highest BCUT2D eigenvalue weighted by Crippen LogP contribution is 2.29. The summed E-state index contributed by atoms with van der Waals surface area (Å²) in [6.07, 6.45) is 6.36. The van der Waals surface area contributed by atoms with Crippen molar-refractivity contribution in [1.82, 2.24) is 4.31 Å². The Labute approximate surface area is 104 Å². The van der Waals surface area contributed by atoms with Gasteiger partial charge in [-0.2, -0.15) is 0 Å². The Balaban J connectivity index is 2.84. The number of hydrogen-bond donors (Lipinski definition) is 0. The maximum atomic E-state index is 11.9. The summed E-state index contributed by atoms with van der Waals surface area (Å²) in [5, 5.41) is 0. The van der Waals surface area contributed by atoms with Crippen LogP contribution in [0.2, 0.25) is 0 Å². The van der Waals surface area contributed by atoms with Crippen LogP contribution in [0.4, 0.5) is 0 Å². The summed E-state index contributed by atoms with van der Waals surface area (Å²) in [5.41, 5.74) is 0. The highest BCUT2D eigenvalue weighted by atomic mass is 32.2. The molecule has 1 aliphatic heterocycles. The average Bonchev–Trinajstić information content (AvgIpc) is 2.62. The van der Waals surface area contributed by atoms with E-state index in [4.69, 9.17) is 0 Å². The van der Waals surface area contributed by atoms with Crippen molar-refractivity contribution in [3.63, 3.8) is 0 Å². The average molecular weight is 259 g/mol. The topological polar surface area (TPSA) is 54.5 Å². The van der Waals surface area contributed by atoms with Crippen molar-refractivity contribution in [2.45, 2.75) is 26.7 Å². The molecule has 17 heavy (non-hydrogen) atoms. The third kappa shape index (κ3) is 3.64. The van der Waals surface area contributed by atoms with Crippen molar-refractivity contribution < 1.29 is 13.2 Å². The highest BCUT2D eigenvalue weighted by molar-refractivity contribution is 7.88. The second-order valence-corrected chi connectivity index (χ2v) is 6.62. The fourth-order valence-corrected chi connectivity index (χ4v) is 3.27. The van der Waals surface area contributed by atoms with Crippen LogP contribution in [0.25, 0.3) is 0 Å². The Bertz CT molecular complexity index is 400. The van der Waals surface area contributed by atoms with Gasteiger partial charge in [-0.25, -0.2) is 12.7 Å². The Kier molecular flexibility index (Phi) is 4.89. The van der Waals surface area contributed by atoms with Gasteiger partial charge >= 0.3 is 0 Å². The van der Waals surface area contributed by atoms with Crippen molar-refractivity contribution >= 4 is 15.8 Å². The molecule has 1 fully saturated rings. The number of allylic oxidation sites excluding steroid dienone is 2. The molecule has 0 saturated carbocycles. The molecule has 1 unspecified atom stereocenters. The standard InChI is InChI=1S/C12H21NO3S/c1-4-6-10-8-13(17(3,15)16)9-11(10)12(14)7-5-2/h5,7,10-11H,4,6,8-9H2,1-3H3/t10-,11?/m0/s1. The van der Waals surface area contributed by atoms with Gasteiger partial charge in [-0.3, -0.25) is 4.79 Å². The second-order valence-electron chi connectivity index (χ2n) is 4.64. The number of sulfonamides is 1. The molecule has 1 rings (SSSR count). The lowest BCUT2D eigenvalue weighted by Gasteiger charge is -2.14. The van der Waals surface area contributed by atoms with Crippen molar-refractivity contribution in [3.05, 3.63) is 12.2 Å². The van der Waals surface area contributed by atoms with Crippen LogP contribution in [-0.4, -0.2) is 37.9 Å². The largest absolute Gasteiger partial charge is 0.294 e. The van der Waals surface area contributed by atoms with Crippen LogP contribution >= 0.6 is 0 Å². The molecule has 0 spiro atoms. The van der Waals surface area contributed by atoms with Crippen molar-refractivity contribution in [1.29, 1.82) is 0 Å².